The Morgan fingerprint density at radius 3 is 2.71 bits per heavy atom. The van der Waals surface area contributed by atoms with Gasteiger partial charge in [0.15, 0.2) is 0 Å². The van der Waals surface area contributed by atoms with Gasteiger partial charge in [-0.05, 0) is 50.4 Å². The Labute approximate surface area is 128 Å². The van der Waals surface area contributed by atoms with Crippen LogP contribution in [-0.2, 0) is 6.42 Å². The maximum absolute atomic E-state index is 10.2. The van der Waals surface area contributed by atoms with Gasteiger partial charge in [-0.25, -0.2) is 0 Å². The van der Waals surface area contributed by atoms with E-state index in [-0.39, 0.29) is 0 Å². The van der Waals surface area contributed by atoms with E-state index in [1.54, 1.807) is 0 Å². The molecule has 21 heavy (non-hydrogen) atoms. The molecule has 0 amide bonds. The number of likely N-dealkylation sites (tertiary alicyclic amines) is 1. The fourth-order valence-corrected chi connectivity index (χ4v) is 2.99. The first-order valence-corrected chi connectivity index (χ1v) is 8.33. The van der Waals surface area contributed by atoms with Crippen LogP contribution in [0.3, 0.4) is 0 Å². The number of piperidine rings is 1. The second kappa shape index (κ2) is 8.40. The highest BCUT2D eigenvalue weighted by Crippen LogP contribution is 2.17. The number of hydrogen-bond donors (Lipinski definition) is 1. The van der Waals surface area contributed by atoms with Crippen LogP contribution < -0.4 is 4.74 Å². The lowest BCUT2D eigenvalue weighted by molar-refractivity contribution is 0.0438. The predicted octanol–water partition coefficient (Wildman–Crippen LogP) is 3.25. The molecule has 1 N–H and O–H groups in total. The Morgan fingerprint density at radius 1 is 1.29 bits per heavy atom. The highest BCUT2D eigenvalue weighted by molar-refractivity contribution is 5.27. The number of rotatable bonds is 7. The van der Waals surface area contributed by atoms with Crippen molar-refractivity contribution in [2.75, 3.05) is 19.7 Å². The number of ether oxygens (including phenoxy) is 1. The minimum absolute atomic E-state index is 0.371. The summed E-state index contributed by atoms with van der Waals surface area (Å²) in [6.07, 6.45) is 5.65. The molecule has 0 saturated carbocycles. The molecule has 1 aromatic carbocycles. The van der Waals surface area contributed by atoms with Gasteiger partial charge in [0.05, 0.1) is 0 Å². The van der Waals surface area contributed by atoms with Crippen LogP contribution in [0.2, 0.25) is 0 Å². The molecule has 1 saturated heterocycles. The zero-order chi connectivity index (χ0) is 15.1. The second-order valence-corrected chi connectivity index (χ2v) is 6.20. The van der Waals surface area contributed by atoms with Crippen LogP contribution in [-0.4, -0.2) is 41.8 Å². The fraction of sp³-hybridized carbons (Fsp3) is 0.667. The van der Waals surface area contributed by atoms with Crippen molar-refractivity contribution in [3.05, 3.63) is 29.8 Å². The molecule has 2 rings (SSSR count). The zero-order valence-electron chi connectivity index (χ0n) is 13.4. The molecular formula is C18H29NO2. The monoisotopic (exact) mass is 291 g/mol. The third-order valence-electron chi connectivity index (χ3n) is 4.29. The first-order valence-electron chi connectivity index (χ1n) is 8.33. The van der Waals surface area contributed by atoms with Crippen LogP contribution in [0.15, 0.2) is 24.3 Å². The maximum atomic E-state index is 10.2. The number of benzene rings is 1. The number of aliphatic hydroxyl groups excluding tert-OH is 1. The molecule has 118 valence electrons. The quantitative estimate of drug-likeness (QED) is 0.837. The number of β-amino-alcohol motifs (C(OH)–C–C–N with tert-alkyl or cyclic N) is 1. The third kappa shape index (κ3) is 5.33. The van der Waals surface area contributed by atoms with E-state index in [0.29, 0.717) is 12.6 Å². The summed E-state index contributed by atoms with van der Waals surface area (Å²) in [6.45, 7) is 6.62. The Morgan fingerprint density at radius 2 is 2.05 bits per heavy atom. The number of hydrogen-bond acceptors (Lipinski definition) is 3. The van der Waals surface area contributed by atoms with Crippen LogP contribution in [0.25, 0.3) is 0 Å². The molecule has 0 bridgehead atoms. The van der Waals surface area contributed by atoms with Gasteiger partial charge in [0.2, 0.25) is 0 Å². The minimum Gasteiger partial charge on any atom is -0.491 e. The Balaban J connectivity index is 1.73. The van der Waals surface area contributed by atoms with Crippen molar-refractivity contribution in [2.24, 2.45) is 0 Å². The highest BCUT2D eigenvalue weighted by Gasteiger charge is 2.20. The summed E-state index contributed by atoms with van der Waals surface area (Å²) in [5.41, 5.74) is 1.34. The zero-order valence-corrected chi connectivity index (χ0v) is 13.4. The summed E-state index contributed by atoms with van der Waals surface area (Å²) in [6, 6.07) is 8.81. The maximum Gasteiger partial charge on any atom is 0.119 e. The van der Waals surface area contributed by atoms with E-state index in [2.05, 4.69) is 30.9 Å². The SMILES string of the molecule is CCCc1ccc(OC[C@H](O)CN2CCCC[C@@H]2C)cc1. The van der Waals surface area contributed by atoms with E-state index in [1.807, 2.05) is 12.1 Å². The molecule has 1 aliphatic rings. The van der Waals surface area contributed by atoms with Gasteiger partial charge in [-0.3, -0.25) is 4.90 Å². The minimum atomic E-state index is -0.416. The number of aryl methyl sites for hydroxylation is 1. The van der Waals surface area contributed by atoms with Crippen molar-refractivity contribution in [2.45, 2.75) is 58.1 Å². The van der Waals surface area contributed by atoms with Crippen molar-refractivity contribution in [1.29, 1.82) is 0 Å². The molecule has 1 aliphatic heterocycles. The third-order valence-corrected chi connectivity index (χ3v) is 4.29. The summed E-state index contributed by atoms with van der Waals surface area (Å²) in [7, 11) is 0. The Kier molecular flexibility index (Phi) is 6.52. The molecule has 3 nitrogen and oxygen atoms in total. The van der Waals surface area contributed by atoms with E-state index in [4.69, 9.17) is 4.74 Å². The Hall–Kier alpha value is -1.06. The van der Waals surface area contributed by atoms with Crippen molar-refractivity contribution < 1.29 is 9.84 Å². The average molecular weight is 291 g/mol. The van der Waals surface area contributed by atoms with Gasteiger partial charge in [0, 0.05) is 12.6 Å². The topological polar surface area (TPSA) is 32.7 Å². The lowest BCUT2D eigenvalue weighted by Gasteiger charge is -2.34. The molecular weight excluding hydrogens is 262 g/mol. The summed E-state index contributed by atoms with van der Waals surface area (Å²) in [4.78, 5) is 2.38. The van der Waals surface area contributed by atoms with Gasteiger partial charge in [-0.1, -0.05) is 31.9 Å². The summed E-state index contributed by atoms with van der Waals surface area (Å²) >= 11 is 0. The lowest BCUT2D eigenvalue weighted by Crippen LogP contribution is -2.43. The van der Waals surface area contributed by atoms with Crippen LogP contribution in [0.1, 0.15) is 45.1 Å². The van der Waals surface area contributed by atoms with E-state index in [9.17, 15) is 5.11 Å². The molecule has 1 aromatic rings. The predicted molar refractivity (Wildman–Crippen MR) is 86.8 cm³/mol. The molecule has 2 atom stereocenters. The molecule has 3 heteroatoms. The second-order valence-electron chi connectivity index (χ2n) is 6.20. The number of nitrogens with zero attached hydrogens (tertiary/aromatic N) is 1. The van der Waals surface area contributed by atoms with Gasteiger partial charge in [0.1, 0.15) is 18.5 Å². The summed E-state index contributed by atoms with van der Waals surface area (Å²) < 4.78 is 5.70. The fourth-order valence-electron chi connectivity index (χ4n) is 2.99. The van der Waals surface area contributed by atoms with Gasteiger partial charge in [-0.15, -0.1) is 0 Å². The van der Waals surface area contributed by atoms with Gasteiger partial charge < -0.3 is 9.84 Å². The van der Waals surface area contributed by atoms with Crippen LogP contribution in [0, 0.1) is 0 Å². The van der Waals surface area contributed by atoms with E-state index < -0.39 is 6.10 Å². The van der Waals surface area contributed by atoms with Crippen molar-refractivity contribution in [3.8, 4) is 5.75 Å². The highest BCUT2D eigenvalue weighted by atomic mass is 16.5. The first kappa shape index (κ1) is 16.3. The molecule has 0 spiro atoms. The van der Waals surface area contributed by atoms with Crippen molar-refractivity contribution >= 4 is 0 Å². The normalized spacial score (nSPS) is 21.2. The standard InChI is InChI=1S/C18H29NO2/c1-3-6-16-8-10-18(11-9-16)21-14-17(20)13-19-12-5-4-7-15(19)2/h8-11,15,17,20H,3-7,12-14H2,1-2H3/t15-,17+/m0/s1. The first-order chi connectivity index (χ1) is 10.2. The largest absolute Gasteiger partial charge is 0.491 e. The van der Waals surface area contributed by atoms with Gasteiger partial charge in [0.25, 0.3) is 0 Å². The Bertz CT molecular complexity index is 404. The number of aliphatic hydroxyl groups is 1. The molecule has 0 unspecified atom stereocenters. The van der Waals surface area contributed by atoms with Crippen LogP contribution >= 0.6 is 0 Å². The van der Waals surface area contributed by atoms with Gasteiger partial charge in [-0.2, -0.15) is 0 Å². The average Bonchev–Trinajstić information content (AvgIpc) is 2.49. The molecule has 0 radical (unpaired) electrons. The van der Waals surface area contributed by atoms with E-state index in [0.717, 1.165) is 31.7 Å². The van der Waals surface area contributed by atoms with Crippen molar-refractivity contribution in [3.63, 3.8) is 0 Å². The van der Waals surface area contributed by atoms with Gasteiger partial charge >= 0.3 is 0 Å². The molecule has 1 heterocycles. The molecule has 0 aromatic heterocycles. The smallest absolute Gasteiger partial charge is 0.119 e. The molecule has 0 aliphatic carbocycles. The van der Waals surface area contributed by atoms with E-state index >= 15 is 0 Å². The lowest BCUT2D eigenvalue weighted by atomic mass is 10.0. The summed E-state index contributed by atoms with van der Waals surface area (Å²) in [5.74, 6) is 0.848. The van der Waals surface area contributed by atoms with Crippen LogP contribution in [0.4, 0.5) is 0 Å². The summed E-state index contributed by atoms with van der Waals surface area (Å²) in [5, 5.41) is 10.2. The van der Waals surface area contributed by atoms with Crippen LogP contribution in [0.5, 0.6) is 5.75 Å². The molecule has 1 fully saturated rings. The van der Waals surface area contributed by atoms with E-state index in [1.165, 1.54) is 24.8 Å². The van der Waals surface area contributed by atoms with Crippen molar-refractivity contribution in [1.82, 2.24) is 4.90 Å².